The third-order valence-electron chi connectivity index (χ3n) is 2.75. The van der Waals surface area contributed by atoms with Crippen molar-refractivity contribution in [3.05, 3.63) is 29.8 Å². The maximum atomic E-state index is 12.3. The third-order valence-corrected chi connectivity index (χ3v) is 2.75. The van der Waals surface area contributed by atoms with Crippen LogP contribution in [0.15, 0.2) is 24.3 Å². The number of rotatable bonds is 7. The molecule has 21 heavy (non-hydrogen) atoms. The van der Waals surface area contributed by atoms with Crippen molar-refractivity contribution in [1.29, 1.82) is 0 Å². The Morgan fingerprint density at radius 1 is 1.33 bits per heavy atom. The molecule has 0 atom stereocenters. The van der Waals surface area contributed by atoms with E-state index in [-0.39, 0.29) is 17.4 Å². The highest BCUT2D eigenvalue weighted by molar-refractivity contribution is 5.91. The fraction of sp³-hybridized carbons (Fsp3) is 0.400. The van der Waals surface area contributed by atoms with Crippen LogP contribution in [0, 0.1) is 0 Å². The molecule has 1 aromatic carbocycles. The van der Waals surface area contributed by atoms with Crippen molar-refractivity contribution in [2.24, 2.45) is 0 Å². The zero-order chi connectivity index (χ0) is 15.8. The molecular weight excluding hydrogens is 280 g/mol. The molecule has 4 nitrogen and oxygen atoms in total. The average Bonchev–Trinajstić information content (AvgIpc) is 2.46. The van der Waals surface area contributed by atoms with Gasteiger partial charge < -0.3 is 14.4 Å². The van der Waals surface area contributed by atoms with Crippen molar-refractivity contribution < 1.29 is 23.0 Å². The van der Waals surface area contributed by atoms with Crippen molar-refractivity contribution >= 4 is 12.0 Å². The molecule has 0 radical (unpaired) electrons. The van der Waals surface area contributed by atoms with Crippen LogP contribution in [0.5, 0.6) is 11.5 Å². The molecule has 0 bridgehead atoms. The molecule has 0 fully saturated rings. The summed E-state index contributed by atoms with van der Waals surface area (Å²) < 4.78 is 34.2. The first-order valence-corrected chi connectivity index (χ1v) is 6.62. The molecule has 0 spiro atoms. The standard InChI is InChI=1S/C15H19F2NO3/c1-4-18(3)14(19)9-7-11-6-8-12(21-15(16)17)13(10-11)20-5-2/h6-10,15H,4-5H2,1-3H3/b9-7+. The summed E-state index contributed by atoms with van der Waals surface area (Å²) in [5.74, 6) is 0.0561. The van der Waals surface area contributed by atoms with E-state index in [2.05, 4.69) is 4.74 Å². The minimum absolute atomic E-state index is 0.0268. The molecule has 0 aromatic heterocycles. The Bertz CT molecular complexity index is 504. The van der Waals surface area contributed by atoms with Gasteiger partial charge in [0.1, 0.15) is 0 Å². The Balaban J connectivity index is 2.92. The number of nitrogens with zero attached hydrogens (tertiary/aromatic N) is 1. The second-order valence-corrected chi connectivity index (χ2v) is 4.20. The van der Waals surface area contributed by atoms with Crippen LogP contribution >= 0.6 is 0 Å². The monoisotopic (exact) mass is 299 g/mol. The lowest BCUT2D eigenvalue weighted by atomic mass is 10.2. The van der Waals surface area contributed by atoms with Gasteiger partial charge in [0.05, 0.1) is 6.61 Å². The predicted octanol–water partition coefficient (Wildman–Crippen LogP) is 3.18. The van der Waals surface area contributed by atoms with Crippen LogP contribution in [0.4, 0.5) is 8.78 Å². The average molecular weight is 299 g/mol. The minimum Gasteiger partial charge on any atom is -0.490 e. The molecule has 0 unspecified atom stereocenters. The molecule has 0 N–H and O–H groups in total. The number of alkyl halides is 2. The predicted molar refractivity (Wildman–Crippen MR) is 76.6 cm³/mol. The van der Waals surface area contributed by atoms with Gasteiger partial charge in [0.2, 0.25) is 5.91 Å². The topological polar surface area (TPSA) is 38.8 Å². The Morgan fingerprint density at radius 3 is 2.62 bits per heavy atom. The van der Waals surface area contributed by atoms with Crippen LogP contribution in [0.25, 0.3) is 6.08 Å². The number of benzene rings is 1. The van der Waals surface area contributed by atoms with Crippen molar-refractivity contribution in [3.8, 4) is 11.5 Å². The summed E-state index contributed by atoms with van der Waals surface area (Å²) in [6.07, 6.45) is 3.02. The molecule has 0 saturated heterocycles. The molecule has 0 heterocycles. The Morgan fingerprint density at radius 2 is 2.05 bits per heavy atom. The fourth-order valence-corrected chi connectivity index (χ4v) is 1.54. The van der Waals surface area contributed by atoms with E-state index in [1.807, 2.05) is 6.92 Å². The lowest BCUT2D eigenvalue weighted by Gasteiger charge is -2.12. The molecular formula is C15H19F2NO3. The van der Waals surface area contributed by atoms with Gasteiger partial charge in [-0.1, -0.05) is 6.07 Å². The van der Waals surface area contributed by atoms with Crippen LogP contribution in [-0.4, -0.2) is 37.6 Å². The number of hydrogen-bond donors (Lipinski definition) is 0. The van der Waals surface area contributed by atoms with Gasteiger partial charge in [-0.2, -0.15) is 8.78 Å². The highest BCUT2D eigenvalue weighted by Crippen LogP contribution is 2.30. The van der Waals surface area contributed by atoms with Crippen LogP contribution in [-0.2, 0) is 4.79 Å². The Labute approximate surface area is 123 Å². The van der Waals surface area contributed by atoms with Crippen molar-refractivity contribution in [3.63, 3.8) is 0 Å². The molecule has 0 aliphatic rings. The number of halogens is 2. The fourth-order valence-electron chi connectivity index (χ4n) is 1.54. The first-order valence-electron chi connectivity index (χ1n) is 6.62. The van der Waals surface area contributed by atoms with Crippen LogP contribution in [0.3, 0.4) is 0 Å². The van der Waals surface area contributed by atoms with Gasteiger partial charge in [0.15, 0.2) is 11.5 Å². The van der Waals surface area contributed by atoms with E-state index in [4.69, 9.17) is 4.74 Å². The van der Waals surface area contributed by atoms with Gasteiger partial charge in [-0.15, -0.1) is 0 Å². The van der Waals surface area contributed by atoms with Gasteiger partial charge >= 0.3 is 6.61 Å². The summed E-state index contributed by atoms with van der Waals surface area (Å²) >= 11 is 0. The van der Waals surface area contributed by atoms with E-state index in [0.29, 0.717) is 18.7 Å². The normalized spacial score (nSPS) is 11.0. The molecule has 0 aliphatic carbocycles. The van der Waals surface area contributed by atoms with Gasteiger partial charge in [0, 0.05) is 19.7 Å². The summed E-state index contributed by atoms with van der Waals surface area (Å²) in [5, 5.41) is 0. The van der Waals surface area contributed by atoms with E-state index in [9.17, 15) is 13.6 Å². The third kappa shape index (κ3) is 5.41. The first kappa shape index (κ1) is 16.9. The summed E-state index contributed by atoms with van der Waals surface area (Å²) in [4.78, 5) is 13.2. The summed E-state index contributed by atoms with van der Waals surface area (Å²) in [6.45, 7) is 1.63. The highest BCUT2D eigenvalue weighted by atomic mass is 19.3. The van der Waals surface area contributed by atoms with Gasteiger partial charge in [-0.3, -0.25) is 4.79 Å². The van der Waals surface area contributed by atoms with Gasteiger partial charge in [-0.25, -0.2) is 0 Å². The lowest BCUT2D eigenvalue weighted by Crippen LogP contribution is -2.23. The van der Waals surface area contributed by atoms with Gasteiger partial charge in [-0.05, 0) is 37.6 Å². The van der Waals surface area contributed by atoms with E-state index in [0.717, 1.165) is 0 Å². The minimum atomic E-state index is -2.91. The number of likely N-dealkylation sites (N-methyl/N-ethyl adjacent to an activating group) is 1. The lowest BCUT2D eigenvalue weighted by molar-refractivity contribution is -0.124. The Kier molecular flexibility index (Phi) is 6.65. The molecule has 6 heteroatoms. The zero-order valence-corrected chi connectivity index (χ0v) is 12.3. The second kappa shape index (κ2) is 8.24. The maximum absolute atomic E-state index is 12.3. The molecule has 116 valence electrons. The highest BCUT2D eigenvalue weighted by Gasteiger charge is 2.11. The number of amides is 1. The van der Waals surface area contributed by atoms with Gasteiger partial charge in [0.25, 0.3) is 0 Å². The maximum Gasteiger partial charge on any atom is 0.387 e. The van der Waals surface area contributed by atoms with Crippen LogP contribution in [0.2, 0.25) is 0 Å². The summed E-state index contributed by atoms with van der Waals surface area (Å²) in [5.41, 5.74) is 0.665. The number of hydrogen-bond acceptors (Lipinski definition) is 3. The molecule has 1 rings (SSSR count). The van der Waals surface area contributed by atoms with E-state index in [1.54, 1.807) is 37.1 Å². The van der Waals surface area contributed by atoms with Crippen molar-refractivity contribution in [1.82, 2.24) is 4.90 Å². The number of ether oxygens (including phenoxy) is 2. The smallest absolute Gasteiger partial charge is 0.387 e. The van der Waals surface area contributed by atoms with Crippen LogP contribution in [0.1, 0.15) is 19.4 Å². The van der Waals surface area contributed by atoms with Crippen LogP contribution < -0.4 is 9.47 Å². The quantitative estimate of drug-likeness (QED) is 0.726. The first-order chi connectivity index (χ1) is 9.97. The van der Waals surface area contributed by atoms with E-state index < -0.39 is 6.61 Å². The van der Waals surface area contributed by atoms with Crippen molar-refractivity contribution in [2.75, 3.05) is 20.2 Å². The van der Waals surface area contributed by atoms with E-state index >= 15 is 0 Å². The molecule has 1 amide bonds. The summed E-state index contributed by atoms with van der Waals surface area (Å²) in [7, 11) is 1.69. The number of carbonyl (C=O) groups excluding carboxylic acids is 1. The Hall–Kier alpha value is -2.11. The largest absolute Gasteiger partial charge is 0.490 e. The summed E-state index contributed by atoms with van der Waals surface area (Å²) in [6, 6.07) is 4.53. The zero-order valence-electron chi connectivity index (χ0n) is 12.3. The van der Waals surface area contributed by atoms with E-state index in [1.165, 1.54) is 12.1 Å². The number of carbonyl (C=O) groups is 1. The van der Waals surface area contributed by atoms with Crippen molar-refractivity contribution in [2.45, 2.75) is 20.5 Å². The molecule has 1 aromatic rings. The molecule has 0 saturated carbocycles. The molecule has 0 aliphatic heterocycles. The SMILES string of the molecule is CCOc1cc(/C=C/C(=O)N(C)CC)ccc1OC(F)F. The second-order valence-electron chi connectivity index (χ2n) is 4.20.